The predicted molar refractivity (Wildman–Crippen MR) is 157 cm³/mol. The summed E-state index contributed by atoms with van der Waals surface area (Å²) in [4.78, 5) is 16.5. The second-order valence-corrected chi connectivity index (χ2v) is 11.3. The van der Waals surface area contributed by atoms with E-state index in [9.17, 15) is 4.79 Å². The molecule has 3 aromatic carbocycles. The molecular formula is C35H34FNO4. The van der Waals surface area contributed by atoms with Crippen LogP contribution in [0.2, 0.25) is 0 Å². The van der Waals surface area contributed by atoms with Crippen molar-refractivity contribution in [3.8, 4) is 33.9 Å². The highest BCUT2D eigenvalue weighted by atomic mass is 19.1. The zero-order chi connectivity index (χ0) is 28.8. The van der Waals surface area contributed by atoms with Gasteiger partial charge in [0.1, 0.15) is 23.4 Å². The van der Waals surface area contributed by atoms with Crippen molar-refractivity contribution in [2.75, 3.05) is 13.7 Å². The van der Waals surface area contributed by atoms with Crippen LogP contribution in [0, 0.1) is 33.5 Å². The van der Waals surface area contributed by atoms with E-state index in [4.69, 9.17) is 19.2 Å². The molecule has 2 atom stereocenters. The SMILES string of the molecule is COC(=O)CC1COc2cc(O[C@@H]3CCc4c(-c5c(C)cc(-c6cc(C)cc(C)n6)cc5C)ccc(F)c43)ccc21. The number of nitrogens with zero attached hydrogens (tertiary/aromatic N) is 1. The largest absolute Gasteiger partial charge is 0.492 e. The predicted octanol–water partition coefficient (Wildman–Crippen LogP) is 7.89. The van der Waals surface area contributed by atoms with E-state index in [-0.39, 0.29) is 24.1 Å². The van der Waals surface area contributed by atoms with Crippen LogP contribution >= 0.6 is 0 Å². The number of fused-ring (bicyclic) bond motifs is 2. The molecule has 4 aromatic rings. The summed E-state index contributed by atoms with van der Waals surface area (Å²) in [6.07, 6.45) is 1.30. The van der Waals surface area contributed by atoms with Crippen LogP contribution < -0.4 is 9.47 Å². The fourth-order valence-electron chi connectivity index (χ4n) is 6.50. The van der Waals surface area contributed by atoms with Gasteiger partial charge in [0.05, 0.1) is 25.8 Å². The number of benzene rings is 3. The number of carbonyl (C=O) groups is 1. The standard InChI is InChI=1S/C35H34FNO4/c1-19-12-22(4)37-30(13-19)23-14-20(2)34(21(3)15-23)27-8-10-29(36)35-28(27)9-11-31(35)41-25-6-7-26-24(16-33(38)39-5)18-40-32(26)17-25/h6-8,10,12-15,17,24,31H,9,11,16,18H2,1-5H3/t24?,31-/m1/s1. The molecule has 0 saturated heterocycles. The summed E-state index contributed by atoms with van der Waals surface area (Å²) in [5.41, 5.74) is 11.3. The Hall–Kier alpha value is -4.19. The van der Waals surface area contributed by atoms with Crippen LogP contribution in [0.25, 0.3) is 22.4 Å². The third-order valence-electron chi connectivity index (χ3n) is 8.26. The average Bonchev–Trinajstić information content (AvgIpc) is 3.53. The number of aryl methyl sites for hydroxylation is 4. The Morgan fingerprint density at radius 1 is 1.02 bits per heavy atom. The van der Waals surface area contributed by atoms with Crippen LogP contribution in [0.4, 0.5) is 4.39 Å². The van der Waals surface area contributed by atoms with Gasteiger partial charge < -0.3 is 14.2 Å². The molecule has 41 heavy (non-hydrogen) atoms. The van der Waals surface area contributed by atoms with E-state index >= 15 is 4.39 Å². The zero-order valence-corrected chi connectivity index (χ0v) is 24.1. The van der Waals surface area contributed by atoms with Crippen LogP contribution in [0.1, 0.15) is 63.9 Å². The molecule has 6 heteroatoms. The van der Waals surface area contributed by atoms with E-state index in [2.05, 4.69) is 45.0 Å². The van der Waals surface area contributed by atoms with Gasteiger partial charge in [0.15, 0.2) is 0 Å². The fraction of sp³-hybridized carbons (Fsp3) is 0.314. The Kier molecular flexibility index (Phi) is 7.02. The van der Waals surface area contributed by atoms with Crippen molar-refractivity contribution < 1.29 is 23.4 Å². The quantitative estimate of drug-likeness (QED) is 0.228. The van der Waals surface area contributed by atoms with Crippen molar-refractivity contribution in [1.82, 2.24) is 4.98 Å². The minimum absolute atomic E-state index is 0.0395. The van der Waals surface area contributed by atoms with Crippen LogP contribution in [-0.4, -0.2) is 24.7 Å². The molecule has 1 aromatic heterocycles. The second kappa shape index (κ2) is 10.7. The number of pyridine rings is 1. The number of halogens is 1. The normalized spacial score (nSPS) is 17.1. The van der Waals surface area contributed by atoms with E-state index in [0.717, 1.165) is 56.8 Å². The van der Waals surface area contributed by atoms with Crippen molar-refractivity contribution >= 4 is 5.97 Å². The Bertz CT molecular complexity index is 1630. The molecule has 0 saturated carbocycles. The summed E-state index contributed by atoms with van der Waals surface area (Å²) in [5, 5.41) is 0. The van der Waals surface area contributed by atoms with E-state index in [1.54, 1.807) is 6.07 Å². The second-order valence-electron chi connectivity index (χ2n) is 11.3. The highest BCUT2D eigenvalue weighted by molar-refractivity contribution is 5.79. The molecule has 2 heterocycles. The first-order valence-corrected chi connectivity index (χ1v) is 14.1. The molecule has 0 amide bonds. The molecule has 1 aliphatic carbocycles. The molecule has 5 nitrogen and oxygen atoms in total. The smallest absolute Gasteiger partial charge is 0.306 e. The van der Waals surface area contributed by atoms with Gasteiger partial charge in [-0.15, -0.1) is 0 Å². The molecule has 0 N–H and O–H groups in total. The fourth-order valence-corrected chi connectivity index (χ4v) is 6.50. The maximum Gasteiger partial charge on any atom is 0.306 e. The summed E-state index contributed by atoms with van der Waals surface area (Å²) in [6, 6.07) is 17.7. The molecule has 210 valence electrons. The lowest BCUT2D eigenvalue weighted by molar-refractivity contribution is -0.141. The van der Waals surface area contributed by atoms with Crippen molar-refractivity contribution in [3.63, 3.8) is 0 Å². The number of hydrogen-bond acceptors (Lipinski definition) is 5. The van der Waals surface area contributed by atoms with Crippen LogP contribution in [0.15, 0.2) is 54.6 Å². The molecule has 6 rings (SSSR count). The number of rotatable bonds is 6. The molecular weight excluding hydrogens is 517 g/mol. The maximum absolute atomic E-state index is 15.4. The Morgan fingerprint density at radius 3 is 2.54 bits per heavy atom. The Balaban J connectivity index is 1.30. The summed E-state index contributed by atoms with van der Waals surface area (Å²) in [6.45, 7) is 8.76. The average molecular weight is 552 g/mol. The minimum Gasteiger partial charge on any atom is -0.492 e. The van der Waals surface area contributed by atoms with Gasteiger partial charge in [-0.05, 0) is 110 Å². The van der Waals surface area contributed by atoms with E-state index < -0.39 is 6.10 Å². The molecule has 2 aliphatic rings. The summed E-state index contributed by atoms with van der Waals surface area (Å²) < 4.78 is 32.4. The van der Waals surface area contributed by atoms with Crippen LogP contribution in [0.5, 0.6) is 11.5 Å². The van der Waals surface area contributed by atoms with Crippen molar-refractivity contribution in [1.29, 1.82) is 0 Å². The van der Waals surface area contributed by atoms with Gasteiger partial charge in [-0.2, -0.15) is 0 Å². The first-order chi connectivity index (χ1) is 19.7. The Morgan fingerprint density at radius 2 is 1.80 bits per heavy atom. The number of aromatic nitrogens is 1. The van der Waals surface area contributed by atoms with Crippen LogP contribution in [0.3, 0.4) is 0 Å². The van der Waals surface area contributed by atoms with E-state index in [0.29, 0.717) is 30.1 Å². The third-order valence-corrected chi connectivity index (χ3v) is 8.26. The minimum atomic E-state index is -0.394. The Labute approximate surface area is 240 Å². The van der Waals surface area contributed by atoms with Gasteiger partial charge in [0.2, 0.25) is 0 Å². The van der Waals surface area contributed by atoms with Gasteiger partial charge in [-0.25, -0.2) is 4.39 Å². The highest BCUT2D eigenvalue weighted by Gasteiger charge is 2.32. The number of hydrogen-bond donors (Lipinski definition) is 0. The lowest BCUT2D eigenvalue weighted by atomic mass is 9.88. The van der Waals surface area contributed by atoms with Gasteiger partial charge >= 0.3 is 5.97 Å². The number of esters is 1. The van der Waals surface area contributed by atoms with Gasteiger partial charge in [0.25, 0.3) is 0 Å². The molecule has 0 spiro atoms. The van der Waals surface area contributed by atoms with Crippen molar-refractivity contribution in [2.24, 2.45) is 0 Å². The van der Waals surface area contributed by atoms with Crippen LogP contribution in [-0.2, 0) is 16.0 Å². The lowest BCUT2D eigenvalue weighted by Crippen LogP contribution is -2.09. The monoisotopic (exact) mass is 551 g/mol. The molecule has 0 bridgehead atoms. The van der Waals surface area contributed by atoms with E-state index in [1.165, 1.54) is 12.7 Å². The highest BCUT2D eigenvalue weighted by Crippen LogP contribution is 2.45. The molecule has 0 radical (unpaired) electrons. The van der Waals surface area contributed by atoms with Gasteiger partial charge in [0, 0.05) is 34.4 Å². The first-order valence-electron chi connectivity index (χ1n) is 14.1. The van der Waals surface area contributed by atoms with Crippen molar-refractivity contribution in [2.45, 2.75) is 59.0 Å². The van der Waals surface area contributed by atoms with Gasteiger partial charge in [-0.1, -0.05) is 12.1 Å². The van der Waals surface area contributed by atoms with Gasteiger partial charge in [-0.3, -0.25) is 9.78 Å². The third kappa shape index (κ3) is 5.08. The molecule has 1 aliphatic heterocycles. The zero-order valence-electron chi connectivity index (χ0n) is 24.1. The maximum atomic E-state index is 15.4. The molecule has 0 fully saturated rings. The summed E-state index contributed by atoms with van der Waals surface area (Å²) in [5.74, 6) is 0.786. The summed E-state index contributed by atoms with van der Waals surface area (Å²) in [7, 11) is 1.39. The topological polar surface area (TPSA) is 57.7 Å². The number of methoxy groups -OCH3 is 1. The van der Waals surface area contributed by atoms with Crippen molar-refractivity contribution in [3.05, 3.63) is 99.5 Å². The summed E-state index contributed by atoms with van der Waals surface area (Å²) >= 11 is 0. The number of ether oxygens (including phenoxy) is 3. The first kappa shape index (κ1) is 27.0. The molecule has 1 unspecified atom stereocenters. The van der Waals surface area contributed by atoms with E-state index in [1.807, 2.05) is 31.2 Å². The lowest BCUT2D eigenvalue weighted by Gasteiger charge is -2.19. The number of carbonyl (C=O) groups excluding carboxylic acids is 1.